The lowest BCUT2D eigenvalue weighted by Gasteiger charge is -2.30. The zero-order chi connectivity index (χ0) is 25.2. The quantitative estimate of drug-likeness (QED) is 0.536. The molecule has 1 aromatic heterocycles. The van der Waals surface area contributed by atoms with Crippen molar-refractivity contribution in [1.29, 1.82) is 0 Å². The van der Waals surface area contributed by atoms with Crippen LogP contribution < -0.4 is 5.32 Å². The van der Waals surface area contributed by atoms with Crippen LogP contribution in [0.2, 0.25) is 5.02 Å². The van der Waals surface area contributed by atoms with Crippen LogP contribution in [0.5, 0.6) is 0 Å². The molecule has 0 bridgehead atoms. The van der Waals surface area contributed by atoms with Crippen molar-refractivity contribution in [3.8, 4) is 11.5 Å². The van der Waals surface area contributed by atoms with E-state index >= 15 is 0 Å². The van der Waals surface area contributed by atoms with Crippen molar-refractivity contribution < 1.29 is 23.1 Å². The number of nitrogens with zero attached hydrogens (tertiary/aromatic N) is 3. The van der Waals surface area contributed by atoms with Crippen molar-refractivity contribution in [2.24, 2.45) is 5.92 Å². The molecule has 0 radical (unpaired) electrons. The Bertz CT molecular complexity index is 1210. The lowest BCUT2D eigenvalue weighted by atomic mass is 9.85. The van der Waals surface area contributed by atoms with Gasteiger partial charge < -0.3 is 19.7 Å². The zero-order valence-electron chi connectivity index (χ0n) is 19.5. The fourth-order valence-corrected chi connectivity index (χ4v) is 4.62. The number of amides is 2. The van der Waals surface area contributed by atoms with Crippen LogP contribution in [0.1, 0.15) is 44.6 Å². The van der Waals surface area contributed by atoms with Crippen LogP contribution in [0.3, 0.4) is 0 Å². The van der Waals surface area contributed by atoms with Crippen molar-refractivity contribution in [1.82, 2.24) is 20.4 Å². The summed E-state index contributed by atoms with van der Waals surface area (Å²) in [6, 6.07) is 5.14. The first-order valence-electron chi connectivity index (χ1n) is 11.5. The summed E-state index contributed by atoms with van der Waals surface area (Å²) in [7, 11) is 0. The Hall–Kier alpha value is -3.04. The second kappa shape index (κ2) is 10.3. The van der Waals surface area contributed by atoms with Gasteiger partial charge in [-0.05, 0) is 49.1 Å². The third-order valence-electron chi connectivity index (χ3n) is 6.40. The fourth-order valence-electron chi connectivity index (χ4n) is 4.32. The number of aromatic nitrogens is 2. The summed E-state index contributed by atoms with van der Waals surface area (Å²) in [6.07, 6.45) is 5.85. The van der Waals surface area contributed by atoms with Gasteiger partial charge in [0.1, 0.15) is 6.61 Å². The summed E-state index contributed by atoms with van der Waals surface area (Å²) in [5.74, 6) is -3.19. The molecule has 0 spiro atoms. The average Bonchev–Trinajstić information content (AvgIpc) is 3.33. The molecule has 0 saturated heterocycles. The molecule has 0 fully saturated rings. The van der Waals surface area contributed by atoms with Crippen LogP contribution in [0.25, 0.3) is 17.0 Å². The molecule has 2 aliphatic rings. The van der Waals surface area contributed by atoms with E-state index < -0.39 is 11.8 Å². The van der Waals surface area contributed by atoms with Crippen molar-refractivity contribution in [3.63, 3.8) is 0 Å². The highest BCUT2D eigenvalue weighted by atomic mass is 35.5. The maximum absolute atomic E-state index is 14.1. The Labute approximate surface area is 207 Å². The molecule has 1 atom stereocenters. The normalized spacial score (nSPS) is 18.6. The summed E-state index contributed by atoms with van der Waals surface area (Å²) >= 11 is 6.51. The standard InChI is InChI=1S/C25H27ClF2N4O3/c1-3-25(27,28)20-7-5-18(12-15(20)2)29-24(34)32-10-8-16(9-11-32)19-6-4-17(13-21(19)26)23-31-30-22(14-33)35-23/h4-6,8,12-13,20,33H,3,7,9-11,14H2,1-2H3,(H,29,34). The van der Waals surface area contributed by atoms with Gasteiger partial charge in [-0.1, -0.05) is 42.3 Å². The Morgan fingerprint density at radius 3 is 2.74 bits per heavy atom. The van der Waals surface area contributed by atoms with E-state index in [1.54, 1.807) is 30.0 Å². The molecular formula is C25H27ClF2N4O3. The molecule has 1 unspecified atom stereocenters. The van der Waals surface area contributed by atoms with Gasteiger partial charge in [-0.3, -0.25) is 0 Å². The summed E-state index contributed by atoms with van der Waals surface area (Å²) < 4.78 is 33.5. The first kappa shape index (κ1) is 25.1. The van der Waals surface area contributed by atoms with Crippen LogP contribution in [0, 0.1) is 5.92 Å². The molecule has 35 heavy (non-hydrogen) atoms. The minimum atomic E-state index is -2.76. The second-order valence-corrected chi connectivity index (χ2v) is 9.07. The van der Waals surface area contributed by atoms with Crippen molar-refractivity contribution in [2.45, 2.75) is 45.6 Å². The summed E-state index contributed by atoms with van der Waals surface area (Å²) in [6.45, 7) is 3.72. The van der Waals surface area contributed by atoms with Gasteiger partial charge >= 0.3 is 6.03 Å². The number of benzene rings is 1. The van der Waals surface area contributed by atoms with Crippen molar-refractivity contribution in [2.75, 3.05) is 13.1 Å². The molecule has 1 aliphatic heterocycles. The van der Waals surface area contributed by atoms with Crippen LogP contribution in [0.15, 0.2) is 52.1 Å². The Morgan fingerprint density at radius 2 is 2.14 bits per heavy atom. The van der Waals surface area contributed by atoms with E-state index in [2.05, 4.69) is 15.5 Å². The van der Waals surface area contributed by atoms with E-state index in [4.69, 9.17) is 21.1 Å². The number of carbonyl (C=O) groups is 1. The van der Waals surface area contributed by atoms with E-state index in [1.165, 1.54) is 6.92 Å². The predicted molar refractivity (Wildman–Crippen MR) is 129 cm³/mol. The van der Waals surface area contributed by atoms with Gasteiger partial charge in [-0.15, -0.1) is 10.2 Å². The van der Waals surface area contributed by atoms with E-state index in [9.17, 15) is 13.6 Å². The largest absolute Gasteiger partial charge is 0.418 e. The minimum absolute atomic E-state index is 0.127. The first-order chi connectivity index (χ1) is 16.7. The lowest BCUT2D eigenvalue weighted by Crippen LogP contribution is -2.42. The monoisotopic (exact) mass is 504 g/mol. The average molecular weight is 505 g/mol. The smallest absolute Gasteiger partial charge is 0.322 e. The maximum atomic E-state index is 14.1. The molecule has 2 heterocycles. The van der Waals surface area contributed by atoms with E-state index in [0.717, 1.165) is 11.1 Å². The van der Waals surface area contributed by atoms with Gasteiger partial charge in [-0.2, -0.15) is 0 Å². The van der Waals surface area contributed by atoms with Crippen LogP contribution in [-0.4, -0.2) is 45.2 Å². The molecule has 1 aliphatic carbocycles. The number of carbonyl (C=O) groups excluding carboxylic acids is 1. The molecule has 186 valence electrons. The maximum Gasteiger partial charge on any atom is 0.322 e. The first-order valence-corrected chi connectivity index (χ1v) is 11.8. The van der Waals surface area contributed by atoms with E-state index in [-0.39, 0.29) is 37.3 Å². The lowest BCUT2D eigenvalue weighted by molar-refractivity contribution is -0.0471. The highest BCUT2D eigenvalue weighted by Crippen LogP contribution is 2.38. The topological polar surface area (TPSA) is 91.5 Å². The number of nitrogens with one attached hydrogen (secondary N) is 1. The molecular weight excluding hydrogens is 478 g/mol. The zero-order valence-corrected chi connectivity index (χ0v) is 20.3. The third-order valence-corrected chi connectivity index (χ3v) is 6.71. The number of alkyl halides is 2. The van der Waals surface area contributed by atoms with Crippen molar-refractivity contribution >= 4 is 23.2 Å². The van der Waals surface area contributed by atoms with Crippen LogP contribution in [0.4, 0.5) is 13.6 Å². The summed E-state index contributed by atoms with van der Waals surface area (Å²) in [5.41, 5.74) is 3.64. The number of hydrogen-bond donors (Lipinski definition) is 2. The van der Waals surface area contributed by atoms with Crippen LogP contribution >= 0.6 is 11.6 Å². The second-order valence-electron chi connectivity index (χ2n) is 8.66. The molecule has 0 saturated carbocycles. The number of halogens is 3. The van der Waals surface area contributed by atoms with Crippen molar-refractivity contribution in [3.05, 3.63) is 64.2 Å². The Morgan fingerprint density at radius 1 is 1.34 bits per heavy atom. The predicted octanol–water partition coefficient (Wildman–Crippen LogP) is 5.58. The van der Waals surface area contributed by atoms with Gasteiger partial charge in [0, 0.05) is 41.7 Å². The highest BCUT2D eigenvalue weighted by molar-refractivity contribution is 6.32. The van der Waals surface area contributed by atoms with Gasteiger partial charge in [0.2, 0.25) is 11.8 Å². The molecule has 7 nitrogen and oxygen atoms in total. The van der Waals surface area contributed by atoms with E-state index in [1.807, 2.05) is 18.2 Å². The molecule has 1 aromatic carbocycles. The van der Waals surface area contributed by atoms with Gasteiger partial charge in [-0.25, -0.2) is 13.6 Å². The minimum Gasteiger partial charge on any atom is -0.418 e. The number of rotatable bonds is 6. The number of aliphatic hydroxyl groups is 1. The van der Waals surface area contributed by atoms with Crippen LogP contribution in [-0.2, 0) is 6.61 Å². The summed E-state index contributed by atoms with van der Waals surface area (Å²) in [4.78, 5) is 14.4. The van der Waals surface area contributed by atoms with E-state index in [0.29, 0.717) is 41.4 Å². The Balaban J connectivity index is 1.38. The number of urea groups is 1. The molecule has 2 amide bonds. The van der Waals surface area contributed by atoms with Gasteiger partial charge in [0.05, 0.1) is 0 Å². The highest BCUT2D eigenvalue weighted by Gasteiger charge is 2.39. The Kier molecular flexibility index (Phi) is 7.37. The molecule has 4 rings (SSSR count). The fraction of sp³-hybridized carbons (Fsp3) is 0.400. The number of hydrogen-bond acceptors (Lipinski definition) is 5. The summed E-state index contributed by atoms with van der Waals surface area (Å²) in [5, 5.41) is 20.1. The molecule has 10 heteroatoms. The number of aliphatic hydroxyl groups excluding tert-OH is 1. The molecule has 2 aromatic rings. The molecule has 2 N–H and O–H groups in total. The SMILES string of the molecule is CCC(F)(F)C1CC=C(NC(=O)N2CC=C(c3ccc(-c4nnc(CO)o4)cc3Cl)CC2)C=C1C. The van der Waals surface area contributed by atoms with Gasteiger partial charge in [0.25, 0.3) is 5.92 Å². The van der Waals surface area contributed by atoms with Gasteiger partial charge in [0.15, 0.2) is 0 Å². The third kappa shape index (κ3) is 5.46. The number of allylic oxidation sites excluding steroid dienone is 3.